The van der Waals surface area contributed by atoms with Crippen molar-refractivity contribution < 1.29 is 83.1 Å². The fraction of sp³-hybridized carbons (Fsp3) is 0.480. The van der Waals surface area contributed by atoms with Gasteiger partial charge in [0.1, 0.15) is 24.4 Å². The minimum atomic E-state index is -5.12. The third-order valence-electron chi connectivity index (χ3n) is 11.9. The second kappa shape index (κ2) is 29.4. The van der Waals surface area contributed by atoms with Crippen molar-refractivity contribution in [3.63, 3.8) is 0 Å². The average Bonchev–Trinajstić information content (AvgIpc) is 4.08. The summed E-state index contributed by atoms with van der Waals surface area (Å²) >= 11 is 0. The lowest BCUT2D eigenvalue weighted by Crippen LogP contribution is -2.52. The van der Waals surface area contributed by atoms with Gasteiger partial charge in [0.05, 0.1) is 48.3 Å². The monoisotopic (exact) mass is 1170 g/mol. The van der Waals surface area contributed by atoms with Gasteiger partial charge in [-0.1, -0.05) is 88.4 Å². The van der Waals surface area contributed by atoms with Crippen LogP contribution in [0.2, 0.25) is 0 Å². The number of rotatable bonds is 26. The Balaban J connectivity index is 0.000000287. The molecule has 2 heterocycles. The van der Waals surface area contributed by atoms with Crippen molar-refractivity contribution in [3.8, 4) is 0 Å². The zero-order valence-corrected chi connectivity index (χ0v) is 47.2. The number of ether oxygens (including phenoxy) is 4. The number of alkyl carbamates (subject to hydrolysis) is 2. The van der Waals surface area contributed by atoms with E-state index in [1.54, 1.807) is 60.7 Å². The lowest BCUT2D eigenvalue weighted by molar-refractivity contribution is 0.0601. The van der Waals surface area contributed by atoms with E-state index < -0.39 is 97.5 Å². The van der Waals surface area contributed by atoms with Crippen LogP contribution in [-0.2, 0) is 70.0 Å². The SMILES string of the molecule is CC(C)CN(C[C@@H](OP(=O)(O)O)[C@H](Cc1ccccc1)NC(=O)O[C@H]1CCOC1)S(=O)(=O)c1ccc(N)cc1.CC(C)CN(C[C@@H](OP(=O)(O)O)[C@H](Cc1ccccc1)NC(=O)O[C@H]1CCOC1)S(=O)(=O)c1ccc(N)cc1. The Morgan fingerprint density at radius 2 is 0.910 bits per heavy atom. The number of amides is 2. The predicted molar refractivity (Wildman–Crippen MR) is 288 cm³/mol. The maximum Gasteiger partial charge on any atom is 0.469 e. The number of benzene rings is 4. The lowest BCUT2D eigenvalue weighted by atomic mass is 10.0. The third kappa shape index (κ3) is 21.6. The molecule has 0 spiro atoms. The van der Waals surface area contributed by atoms with E-state index in [0.29, 0.717) is 37.4 Å². The highest BCUT2D eigenvalue weighted by Gasteiger charge is 2.39. The number of sulfonamides is 2. The fourth-order valence-corrected chi connectivity index (χ4v) is 12.7. The number of nitrogens with one attached hydrogen (secondary N) is 2. The molecule has 6 rings (SSSR count). The maximum absolute atomic E-state index is 13.6. The van der Waals surface area contributed by atoms with Crippen LogP contribution in [0.25, 0.3) is 0 Å². The average molecular weight is 1170 g/mol. The standard InChI is InChI=1S/2C25H36N3O9PS/c2*1-18(2)15-28(39(33,34)22-10-8-20(26)9-11-22)16-24(37-38(30,31)32)23(14-19-6-4-3-5-7-19)27-25(29)36-21-12-13-35-17-21/h2*3-11,18,21,23-24H,12-17,26H2,1-2H3,(H,27,29)(H2,30,31,32)/t2*21-,23-,24+/m00/s1. The van der Waals surface area contributed by atoms with Crippen molar-refractivity contribution in [2.24, 2.45) is 11.8 Å². The molecule has 0 radical (unpaired) electrons. The summed E-state index contributed by atoms with van der Waals surface area (Å²) in [4.78, 5) is 64.6. The molecule has 28 heteroatoms. The molecule has 2 fully saturated rings. The summed E-state index contributed by atoms with van der Waals surface area (Å²) in [6.07, 6.45) is -4.29. The summed E-state index contributed by atoms with van der Waals surface area (Å²) in [6.45, 7) is 7.74. The van der Waals surface area contributed by atoms with Crippen LogP contribution in [0.4, 0.5) is 21.0 Å². The van der Waals surface area contributed by atoms with Gasteiger partial charge in [-0.2, -0.15) is 8.61 Å². The molecular weight excluding hydrogens is 1100 g/mol. The summed E-state index contributed by atoms with van der Waals surface area (Å²) in [5, 5.41) is 5.30. The first-order valence-electron chi connectivity index (χ1n) is 25.0. The zero-order valence-electron chi connectivity index (χ0n) is 43.8. The Morgan fingerprint density at radius 1 is 0.577 bits per heavy atom. The first-order chi connectivity index (χ1) is 36.7. The Bertz CT molecular complexity index is 2630. The smallest absolute Gasteiger partial charge is 0.444 e. The molecular formula is C50H72N6O18P2S2. The van der Waals surface area contributed by atoms with E-state index in [2.05, 4.69) is 10.6 Å². The van der Waals surface area contributed by atoms with Gasteiger partial charge in [0, 0.05) is 50.4 Å². The van der Waals surface area contributed by atoms with E-state index in [1.165, 1.54) is 48.5 Å². The fourth-order valence-electron chi connectivity index (χ4n) is 8.33. The molecule has 6 atom stereocenters. The van der Waals surface area contributed by atoms with Gasteiger partial charge in [-0.25, -0.2) is 35.6 Å². The number of phosphoric acid groups is 2. The molecule has 2 amide bonds. The Labute approximate surface area is 455 Å². The number of anilines is 2. The number of hydrogen-bond donors (Lipinski definition) is 8. The highest BCUT2D eigenvalue weighted by Crippen LogP contribution is 2.40. The van der Waals surface area contributed by atoms with Crippen LogP contribution in [-0.4, -0.2) is 146 Å². The number of nitrogen functional groups attached to an aromatic ring is 2. The largest absolute Gasteiger partial charge is 0.469 e. The molecule has 4 aromatic carbocycles. The van der Waals surface area contributed by atoms with Gasteiger partial charge in [-0.3, -0.25) is 9.05 Å². The van der Waals surface area contributed by atoms with Crippen molar-refractivity contribution in [1.29, 1.82) is 0 Å². The predicted octanol–water partition coefficient (Wildman–Crippen LogP) is 5.04. The van der Waals surface area contributed by atoms with Gasteiger partial charge in [0.25, 0.3) is 0 Å². The number of carbonyl (C=O) groups excluding carboxylic acids is 2. The number of nitrogens with zero attached hydrogens (tertiary/aromatic N) is 2. The van der Waals surface area contributed by atoms with Crippen LogP contribution in [0.5, 0.6) is 0 Å². The minimum Gasteiger partial charge on any atom is -0.444 e. The van der Waals surface area contributed by atoms with Crippen LogP contribution in [0.3, 0.4) is 0 Å². The van der Waals surface area contributed by atoms with Crippen molar-refractivity contribution >= 4 is 59.3 Å². The van der Waals surface area contributed by atoms with Gasteiger partial charge in [-0.05, 0) is 84.3 Å². The van der Waals surface area contributed by atoms with E-state index in [-0.39, 0.29) is 60.8 Å². The van der Waals surface area contributed by atoms with E-state index in [0.717, 1.165) is 19.7 Å². The van der Waals surface area contributed by atoms with E-state index in [4.69, 9.17) is 39.5 Å². The first kappa shape index (κ1) is 63.8. The van der Waals surface area contributed by atoms with E-state index in [1.807, 2.05) is 27.7 Å². The summed E-state index contributed by atoms with van der Waals surface area (Å²) in [6, 6.07) is 26.9. The topological polar surface area (TPSA) is 355 Å². The molecule has 4 aromatic rings. The number of carbonyl (C=O) groups is 2. The first-order valence-corrected chi connectivity index (χ1v) is 31.0. The summed E-state index contributed by atoms with van der Waals surface area (Å²) < 4.78 is 112. The van der Waals surface area contributed by atoms with Crippen LogP contribution >= 0.6 is 15.6 Å². The van der Waals surface area contributed by atoms with Crippen molar-refractivity contribution in [1.82, 2.24) is 19.2 Å². The molecule has 0 aromatic heterocycles. The highest BCUT2D eigenvalue weighted by atomic mass is 32.2. The van der Waals surface area contributed by atoms with E-state index in [9.17, 15) is 55.1 Å². The maximum atomic E-state index is 13.6. The summed E-state index contributed by atoms with van der Waals surface area (Å²) in [5.74, 6) is -0.283. The van der Waals surface area contributed by atoms with Crippen molar-refractivity contribution in [2.45, 2.75) is 99.7 Å². The molecule has 0 bridgehead atoms. The molecule has 2 saturated heterocycles. The Morgan fingerprint density at radius 3 is 1.19 bits per heavy atom. The number of phosphoric ester groups is 2. The van der Waals surface area contributed by atoms with Crippen molar-refractivity contribution in [2.75, 3.05) is 64.1 Å². The second-order valence-corrected chi connectivity index (χ2v) is 25.8. The van der Waals surface area contributed by atoms with Gasteiger partial charge < -0.3 is 60.6 Å². The van der Waals surface area contributed by atoms with Crippen LogP contribution < -0.4 is 22.1 Å². The third-order valence-corrected chi connectivity index (χ3v) is 16.7. The molecule has 2 aliphatic rings. The van der Waals surface area contributed by atoms with Gasteiger partial charge in [-0.15, -0.1) is 0 Å². The molecule has 24 nitrogen and oxygen atoms in total. The summed E-state index contributed by atoms with van der Waals surface area (Å²) in [5.41, 5.74) is 13.6. The molecule has 2 aliphatic heterocycles. The molecule has 432 valence electrons. The molecule has 10 N–H and O–H groups in total. The quantitative estimate of drug-likeness (QED) is 0.0301. The molecule has 0 saturated carbocycles. The number of hydrogen-bond acceptors (Lipinski definition) is 16. The highest BCUT2D eigenvalue weighted by molar-refractivity contribution is 7.89. The van der Waals surface area contributed by atoms with Crippen LogP contribution in [0.15, 0.2) is 119 Å². The van der Waals surface area contributed by atoms with Crippen molar-refractivity contribution in [3.05, 3.63) is 120 Å². The van der Waals surface area contributed by atoms with E-state index >= 15 is 0 Å². The van der Waals surface area contributed by atoms with Crippen LogP contribution in [0.1, 0.15) is 51.7 Å². The molecule has 78 heavy (non-hydrogen) atoms. The van der Waals surface area contributed by atoms with Gasteiger partial charge in [0.15, 0.2) is 0 Å². The zero-order chi connectivity index (χ0) is 57.3. The summed E-state index contributed by atoms with van der Waals surface area (Å²) in [7, 11) is -18.5. The van der Waals surface area contributed by atoms with Gasteiger partial charge in [0.2, 0.25) is 20.0 Å². The van der Waals surface area contributed by atoms with Gasteiger partial charge >= 0.3 is 27.8 Å². The molecule has 0 unspecified atom stereocenters. The second-order valence-electron chi connectivity index (χ2n) is 19.5. The lowest BCUT2D eigenvalue weighted by Gasteiger charge is -2.33. The van der Waals surface area contributed by atoms with Crippen LogP contribution in [0, 0.1) is 11.8 Å². The normalized spacial score (nSPS) is 17.7. The Kier molecular flexibility index (Phi) is 24.1. The minimum absolute atomic E-state index is 0.0235. The number of nitrogens with two attached hydrogens (primary N) is 2. The molecule has 0 aliphatic carbocycles. The Hall–Kier alpha value is -5.02.